The highest BCUT2D eigenvalue weighted by molar-refractivity contribution is 9.10. The summed E-state index contributed by atoms with van der Waals surface area (Å²) >= 11 is 3.45. The summed E-state index contributed by atoms with van der Waals surface area (Å²) in [5, 5.41) is 6.09. The molecule has 0 radical (unpaired) electrons. The fraction of sp³-hybridized carbons (Fsp3) is 0.500. The van der Waals surface area contributed by atoms with Gasteiger partial charge in [0.1, 0.15) is 0 Å². The molecule has 0 saturated heterocycles. The highest BCUT2D eigenvalue weighted by Gasteiger charge is 2.03. The molecule has 1 aromatic rings. The Morgan fingerprint density at radius 2 is 2.16 bits per heavy atom. The number of carbonyl (C=O) groups is 1. The zero-order chi connectivity index (χ0) is 14.1. The first-order valence-corrected chi connectivity index (χ1v) is 7.18. The number of benzene rings is 1. The summed E-state index contributed by atoms with van der Waals surface area (Å²) in [5.41, 5.74) is 1.97. The Morgan fingerprint density at radius 3 is 2.84 bits per heavy atom. The molecule has 0 aliphatic carbocycles. The first kappa shape index (κ1) is 16.1. The molecule has 0 atom stereocenters. The van der Waals surface area contributed by atoms with E-state index in [9.17, 15) is 4.79 Å². The summed E-state index contributed by atoms with van der Waals surface area (Å²) in [5.74, 6) is 0.0231. The number of rotatable bonds is 8. The van der Waals surface area contributed by atoms with Gasteiger partial charge in [0.15, 0.2) is 0 Å². The molecule has 0 unspecified atom stereocenters. The van der Waals surface area contributed by atoms with Crippen LogP contribution in [0, 0.1) is 6.92 Å². The van der Waals surface area contributed by atoms with Gasteiger partial charge in [0, 0.05) is 36.8 Å². The normalized spacial score (nSPS) is 10.5. The van der Waals surface area contributed by atoms with E-state index in [2.05, 4.69) is 26.6 Å². The van der Waals surface area contributed by atoms with E-state index in [0.717, 1.165) is 35.3 Å². The topological polar surface area (TPSA) is 50.4 Å². The van der Waals surface area contributed by atoms with E-state index in [0.29, 0.717) is 13.0 Å². The lowest BCUT2D eigenvalue weighted by molar-refractivity contribution is -0.116. The molecule has 0 saturated carbocycles. The molecule has 2 N–H and O–H groups in total. The van der Waals surface area contributed by atoms with Crippen molar-refractivity contribution in [1.82, 2.24) is 5.32 Å². The molecule has 1 aromatic carbocycles. The largest absolute Gasteiger partial charge is 0.385 e. The van der Waals surface area contributed by atoms with Gasteiger partial charge in [-0.1, -0.05) is 22.0 Å². The third kappa shape index (κ3) is 6.71. The van der Waals surface area contributed by atoms with Crippen LogP contribution in [-0.2, 0) is 9.53 Å². The molecular weight excluding hydrogens is 308 g/mol. The van der Waals surface area contributed by atoms with Gasteiger partial charge in [-0.15, -0.1) is 0 Å². The summed E-state index contributed by atoms with van der Waals surface area (Å²) in [6.45, 7) is 4.32. The lowest BCUT2D eigenvalue weighted by Crippen LogP contribution is -2.23. The fourth-order valence-corrected chi connectivity index (χ4v) is 1.94. The molecule has 5 heteroatoms. The predicted molar refractivity (Wildman–Crippen MR) is 81.5 cm³/mol. The molecule has 1 amide bonds. The SMILES string of the molecule is COCCCNCCC(=O)Nc1ccc(C)c(Br)c1. The molecule has 0 heterocycles. The standard InChI is InChI=1S/C14H21BrN2O2/c1-11-4-5-12(10-13(11)15)17-14(18)6-8-16-7-3-9-19-2/h4-5,10,16H,3,6-9H2,1-2H3,(H,17,18). The van der Waals surface area contributed by atoms with Crippen molar-refractivity contribution in [2.45, 2.75) is 19.8 Å². The maximum absolute atomic E-state index is 11.7. The molecule has 19 heavy (non-hydrogen) atoms. The second-order valence-electron chi connectivity index (χ2n) is 4.36. The zero-order valence-electron chi connectivity index (χ0n) is 11.5. The van der Waals surface area contributed by atoms with E-state index in [-0.39, 0.29) is 5.91 Å². The number of anilines is 1. The van der Waals surface area contributed by atoms with Gasteiger partial charge in [-0.3, -0.25) is 4.79 Å². The summed E-state index contributed by atoms with van der Waals surface area (Å²) < 4.78 is 5.95. The molecule has 4 nitrogen and oxygen atoms in total. The van der Waals surface area contributed by atoms with Crippen LogP contribution in [0.1, 0.15) is 18.4 Å². The van der Waals surface area contributed by atoms with Crippen LogP contribution >= 0.6 is 15.9 Å². The van der Waals surface area contributed by atoms with E-state index < -0.39 is 0 Å². The Labute approximate surface area is 123 Å². The number of methoxy groups -OCH3 is 1. The van der Waals surface area contributed by atoms with Gasteiger partial charge < -0.3 is 15.4 Å². The van der Waals surface area contributed by atoms with Crippen LogP contribution in [0.25, 0.3) is 0 Å². The van der Waals surface area contributed by atoms with Crippen LogP contribution in [0.3, 0.4) is 0 Å². The van der Waals surface area contributed by atoms with Crippen molar-refractivity contribution in [3.05, 3.63) is 28.2 Å². The van der Waals surface area contributed by atoms with E-state index in [1.807, 2.05) is 25.1 Å². The minimum atomic E-state index is 0.0231. The van der Waals surface area contributed by atoms with Crippen LogP contribution in [0.5, 0.6) is 0 Å². The summed E-state index contributed by atoms with van der Waals surface area (Å²) in [6, 6.07) is 5.80. The average Bonchev–Trinajstić information content (AvgIpc) is 2.38. The van der Waals surface area contributed by atoms with Gasteiger partial charge in [0.2, 0.25) is 5.91 Å². The highest BCUT2D eigenvalue weighted by Crippen LogP contribution is 2.20. The number of carbonyl (C=O) groups excluding carboxylic acids is 1. The van der Waals surface area contributed by atoms with Gasteiger partial charge in [0.05, 0.1) is 0 Å². The smallest absolute Gasteiger partial charge is 0.225 e. The van der Waals surface area contributed by atoms with Crippen LogP contribution in [0.2, 0.25) is 0 Å². The number of halogens is 1. The third-order valence-corrected chi connectivity index (χ3v) is 3.54. The Balaban J connectivity index is 2.21. The van der Waals surface area contributed by atoms with Gasteiger partial charge >= 0.3 is 0 Å². The Bertz CT molecular complexity index is 410. The summed E-state index contributed by atoms with van der Waals surface area (Å²) in [4.78, 5) is 11.7. The first-order chi connectivity index (χ1) is 9.13. The quantitative estimate of drug-likeness (QED) is 0.721. The van der Waals surface area contributed by atoms with E-state index in [1.54, 1.807) is 7.11 Å². The number of hydrogen-bond donors (Lipinski definition) is 2. The molecule has 0 aromatic heterocycles. The summed E-state index contributed by atoms with van der Waals surface area (Å²) in [6.07, 6.45) is 1.43. The zero-order valence-corrected chi connectivity index (χ0v) is 13.0. The molecule has 0 fully saturated rings. The number of amides is 1. The lowest BCUT2D eigenvalue weighted by Gasteiger charge is -2.07. The first-order valence-electron chi connectivity index (χ1n) is 6.39. The fourth-order valence-electron chi connectivity index (χ4n) is 1.56. The third-order valence-electron chi connectivity index (χ3n) is 2.69. The monoisotopic (exact) mass is 328 g/mol. The molecule has 0 spiro atoms. The maximum atomic E-state index is 11.7. The average molecular weight is 329 g/mol. The summed E-state index contributed by atoms with van der Waals surface area (Å²) in [7, 11) is 1.69. The maximum Gasteiger partial charge on any atom is 0.225 e. The molecule has 0 aliphatic rings. The Hall–Kier alpha value is -0.910. The van der Waals surface area contributed by atoms with Gasteiger partial charge in [0.25, 0.3) is 0 Å². The van der Waals surface area contributed by atoms with Crippen molar-refractivity contribution in [3.63, 3.8) is 0 Å². The minimum Gasteiger partial charge on any atom is -0.385 e. The van der Waals surface area contributed by atoms with Crippen molar-refractivity contribution in [1.29, 1.82) is 0 Å². The van der Waals surface area contributed by atoms with Gasteiger partial charge in [-0.25, -0.2) is 0 Å². The van der Waals surface area contributed by atoms with Gasteiger partial charge in [-0.2, -0.15) is 0 Å². The van der Waals surface area contributed by atoms with Crippen molar-refractivity contribution in [2.24, 2.45) is 0 Å². The second-order valence-corrected chi connectivity index (χ2v) is 5.21. The van der Waals surface area contributed by atoms with Crippen molar-refractivity contribution in [3.8, 4) is 0 Å². The van der Waals surface area contributed by atoms with Crippen LogP contribution in [0.15, 0.2) is 22.7 Å². The molecule has 0 aliphatic heterocycles. The van der Waals surface area contributed by atoms with Crippen LogP contribution < -0.4 is 10.6 Å². The molecule has 0 bridgehead atoms. The van der Waals surface area contributed by atoms with Crippen molar-refractivity contribution >= 4 is 27.5 Å². The van der Waals surface area contributed by atoms with E-state index in [1.165, 1.54) is 0 Å². The molecule has 106 valence electrons. The van der Waals surface area contributed by atoms with Crippen molar-refractivity contribution < 1.29 is 9.53 Å². The van der Waals surface area contributed by atoms with Gasteiger partial charge in [-0.05, 0) is 37.6 Å². The number of ether oxygens (including phenoxy) is 1. The minimum absolute atomic E-state index is 0.0231. The Kier molecular flexibility index (Phi) is 7.70. The molecular formula is C14H21BrN2O2. The van der Waals surface area contributed by atoms with Crippen LogP contribution in [0.4, 0.5) is 5.69 Å². The van der Waals surface area contributed by atoms with E-state index in [4.69, 9.17) is 4.74 Å². The number of nitrogens with one attached hydrogen (secondary N) is 2. The second kappa shape index (κ2) is 9.07. The van der Waals surface area contributed by atoms with Crippen molar-refractivity contribution in [2.75, 3.05) is 32.1 Å². The number of aryl methyl sites for hydroxylation is 1. The highest BCUT2D eigenvalue weighted by atomic mass is 79.9. The predicted octanol–water partition coefficient (Wildman–Crippen LogP) is 2.71. The molecule has 1 rings (SSSR count). The lowest BCUT2D eigenvalue weighted by atomic mass is 10.2. The van der Waals surface area contributed by atoms with Crippen LogP contribution in [-0.4, -0.2) is 32.7 Å². The Morgan fingerprint density at radius 1 is 1.37 bits per heavy atom. The van der Waals surface area contributed by atoms with E-state index >= 15 is 0 Å². The number of hydrogen-bond acceptors (Lipinski definition) is 3.